The summed E-state index contributed by atoms with van der Waals surface area (Å²) >= 11 is 0. The zero-order valence-electron chi connectivity index (χ0n) is 12.2. The Morgan fingerprint density at radius 3 is 2.79 bits per heavy atom. The van der Waals surface area contributed by atoms with Gasteiger partial charge >= 0.3 is 6.09 Å². The van der Waals surface area contributed by atoms with Crippen molar-refractivity contribution in [2.75, 3.05) is 13.2 Å². The van der Waals surface area contributed by atoms with Gasteiger partial charge in [-0.15, -0.1) is 0 Å². The van der Waals surface area contributed by atoms with Crippen LogP contribution in [0.25, 0.3) is 0 Å². The molecule has 0 radical (unpaired) electrons. The van der Waals surface area contributed by atoms with Crippen molar-refractivity contribution in [3.8, 4) is 0 Å². The third-order valence-corrected chi connectivity index (χ3v) is 5.17. The van der Waals surface area contributed by atoms with Crippen molar-refractivity contribution in [2.24, 2.45) is 0 Å². The summed E-state index contributed by atoms with van der Waals surface area (Å²) in [6.07, 6.45) is 0.640. The fourth-order valence-electron chi connectivity index (χ4n) is 2.20. The molecular formula is C14H22N2O2Si. The summed E-state index contributed by atoms with van der Waals surface area (Å²) in [5.41, 5.74) is 2.31. The number of carbonyl (C=O) groups is 1. The van der Waals surface area contributed by atoms with Gasteiger partial charge in [0.15, 0.2) is 0 Å². The van der Waals surface area contributed by atoms with Crippen LogP contribution in [0.4, 0.5) is 4.79 Å². The summed E-state index contributed by atoms with van der Waals surface area (Å²) < 4.78 is 5.06. The van der Waals surface area contributed by atoms with Crippen molar-refractivity contribution in [3.63, 3.8) is 0 Å². The van der Waals surface area contributed by atoms with E-state index in [-0.39, 0.29) is 6.09 Å². The van der Waals surface area contributed by atoms with Crippen LogP contribution in [0.1, 0.15) is 18.2 Å². The molecule has 0 saturated carbocycles. The molecule has 2 rings (SSSR count). The monoisotopic (exact) mass is 278 g/mol. The first-order valence-electron chi connectivity index (χ1n) is 6.83. The summed E-state index contributed by atoms with van der Waals surface area (Å²) in [6, 6.07) is 4.34. The van der Waals surface area contributed by atoms with Crippen LogP contribution in [0.15, 0.2) is 12.1 Å². The molecule has 2 heterocycles. The third kappa shape index (κ3) is 3.15. The van der Waals surface area contributed by atoms with Gasteiger partial charge in [-0.2, -0.15) is 0 Å². The van der Waals surface area contributed by atoms with Gasteiger partial charge < -0.3 is 9.64 Å². The number of amides is 1. The molecule has 0 unspecified atom stereocenters. The lowest BCUT2D eigenvalue weighted by Gasteiger charge is -2.28. The highest BCUT2D eigenvalue weighted by atomic mass is 28.3. The summed E-state index contributed by atoms with van der Waals surface area (Å²) in [4.78, 5) is 18.3. The molecule has 1 amide bonds. The average molecular weight is 278 g/mol. The fraction of sp³-hybridized carbons (Fsp3) is 0.571. The molecule has 1 aliphatic rings. The second-order valence-corrected chi connectivity index (χ2v) is 10.9. The molecule has 5 heteroatoms. The number of hydrogen-bond donors (Lipinski definition) is 0. The van der Waals surface area contributed by atoms with E-state index in [4.69, 9.17) is 9.72 Å². The van der Waals surface area contributed by atoms with Gasteiger partial charge in [-0.05, 0) is 25.0 Å². The largest absolute Gasteiger partial charge is 0.450 e. The van der Waals surface area contributed by atoms with Gasteiger partial charge in [0.1, 0.15) is 8.07 Å². The van der Waals surface area contributed by atoms with Gasteiger partial charge in [-0.25, -0.2) is 4.79 Å². The zero-order chi connectivity index (χ0) is 14.0. The second kappa shape index (κ2) is 5.33. The van der Waals surface area contributed by atoms with Crippen LogP contribution in [-0.4, -0.2) is 37.2 Å². The van der Waals surface area contributed by atoms with E-state index in [0.717, 1.165) is 18.7 Å². The van der Waals surface area contributed by atoms with E-state index in [1.54, 1.807) is 4.90 Å². The van der Waals surface area contributed by atoms with E-state index >= 15 is 0 Å². The predicted molar refractivity (Wildman–Crippen MR) is 78.4 cm³/mol. The van der Waals surface area contributed by atoms with Crippen molar-refractivity contribution in [2.45, 2.75) is 39.5 Å². The van der Waals surface area contributed by atoms with Crippen molar-refractivity contribution >= 4 is 19.5 Å². The molecule has 0 aliphatic carbocycles. The molecule has 19 heavy (non-hydrogen) atoms. The van der Waals surface area contributed by atoms with Crippen LogP contribution in [0.2, 0.25) is 19.6 Å². The van der Waals surface area contributed by atoms with Crippen LogP contribution >= 0.6 is 0 Å². The minimum absolute atomic E-state index is 0.228. The first-order chi connectivity index (χ1) is 8.91. The summed E-state index contributed by atoms with van der Waals surface area (Å²) in [5.74, 6) is 0. The summed E-state index contributed by atoms with van der Waals surface area (Å²) in [6.45, 7) is 10.4. The van der Waals surface area contributed by atoms with Gasteiger partial charge in [0.25, 0.3) is 0 Å². The first kappa shape index (κ1) is 14.1. The maximum absolute atomic E-state index is 11.8. The van der Waals surface area contributed by atoms with E-state index < -0.39 is 8.07 Å². The maximum atomic E-state index is 11.8. The quantitative estimate of drug-likeness (QED) is 0.778. The minimum atomic E-state index is -1.40. The van der Waals surface area contributed by atoms with Gasteiger partial charge in [-0.3, -0.25) is 4.98 Å². The van der Waals surface area contributed by atoms with Crippen molar-refractivity contribution in [1.82, 2.24) is 9.88 Å². The lowest BCUT2D eigenvalue weighted by atomic mass is 10.1. The normalized spacial score (nSPS) is 15.1. The number of aromatic nitrogens is 1. The zero-order valence-corrected chi connectivity index (χ0v) is 13.2. The minimum Gasteiger partial charge on any atom is -0.450 e. The molecule has 1 aromatic rings. The second-order valence-electron chi connectivity index (χ2n) is 5.92. The number of fused-ring (bicyclic) bond motifs is 1. The van der Waals surface area contributed by atoms with Gasteiger partial charge in [0.05, 0.1) is 18.8 Å². The number of pyridine rings is 1. The van der Waals surface area contributed by atoms with E-state index in [1.807, 2.05) is 6.92 Å². The topological polar surface area (TPSA) is 42.4 Å². The Balaban J connectivity index is 2.21. The molecule has 4 nitrogen and oxygen atoms in total. The molecule has 1 aromatic heterocycles. The van der Waals surface area contributed by atoms with Crippen LogP contribution in [-0.2, 0) is 17.7 Å². The Hall–Kier alpha value is -1.36. The van der Waals surface area contributed by atoms with Crippen molar-refractivity contribution < 1.29 is 9.53 Å². The van der Waals surface area contributed by atoms with E-state index in [2.05, 4.69) is 31.8 Å². The van der Waals surface area contributed by atoms with Gasteiger partial charge in [0, 0.05) is 11.9 Å². The molecule has 0 N–H and O–H groups in total. The van der Waals surface area contributed by atoms with Crippen LogP contribution in [0.5, 0.6) is 0 Å². The molecule has 0 fully saturated rings. The smallest absolute Gasteiger partial charge is 0.410 e. The summed E-state index contributed by atoms with van der Waals surface area (Å²) in [7, 11) is -1.40. The Morgan fingerprint density at radius 2 is 2.16 bits per heavy atom. The lowest BCUT2D eigenvalue weighted by Crippen LogP contribution is -2.43. The van der Waals surface area contributed by atoms with E-state index in [9.17, 15) is 4.79 Å². The van der Waals surface area contributed by atoms with Crippen LogP contribution < -0.4 is 5.32 Å². The first-order valence-corrected chi connectivity index (χ1v) is 10.3. The molecule has 0 saturated heterocycles. The van der Waals surface area contributed by atoms with Gasteiger partial charge in [-0.1, -0.05) is 25.7 Å². The highest BCUT2D eigenvalue weighted by Gasteiger charge is 2.25. The number of hydrogen-bond acceptors (Lipinski definition) is 3. The average Bonchev–Trinajstić information content (AvgIpc) is 2.36. The Labute approximate surface area is 115 Å². The molecular weight excluding hydrogens is 256 g/mol. The van der Waals surface area contributed by atoms with E-state index in [0.29, 0.717) is 13.2 Å². The Bertz CT molecular complexity index is 483. The highest BCUT2D eigenvalue weighted by Crippen LogP contribution is 2.17. The maximum Gasteiger partial charge on any atom is 0.410 e. The van der Waals surface area contributed by atoms with E-state index in [1.165, 1.54) is 10.9 Å². The molecule has 0 bridgehead atoms. The molecule has 0 aromatic carbocycles. The van der Waals surface area contributed by atoms with Crippen molar-refractivity contribution in [1.29, 1.82) is 0 Å². The van der Waals surface area contributed by atoms with Crippen molar-refractivity contribution in [3.05, 3.63) is 23.4 Å². The fourth-order valence-corrected chi connectivity index (χ4v) is 3.25. The Morgan fingerprint density at radius 1 is 1.42 bits per heavy atom. The number of rotatable bonds is 2. The Kier molecular flexibility index (Phi) is 3.94. The number of carbonyl (C=O) groups excluding carboxylic acids is 1. The molecule has 1 aliphatic heterocycles. The summed E-state index contributed by atoms with van der Waals surface area (Å²) in [5, 5.41) is 1.21. The van der Waals surface area contributed by atoms with Gasteiger partial charge in [0.2, 0.25) is 0 Å². The number of nitrogens with zero attached hydrogens (tertiary/aromatic N) is 2. The molecule has 0 atom stereocenters. The third-order valence-electron chi connectivity index (χ3n) is 3.35. The predicted octanol–water partition coefficient (Wildman–Crippen LogP) is 2.14. The lowest BCUT2D eigenvalue weighted by molar-refractivity contribution is 0.102. The SMILES string of the molecule is CCOC(=O)N1CCc2ccc([Si](C)(C)C)nc2C1. The molecule has 104 valence electrons. The standard InChI is InChI=1S/C14H22N2O2Si/c1-5-18-14(17)16-9-8-11-6-7-13(19(2,3)4)15-12(11)10-16/h6-7H,5,8-10H2,1-4H3. The van der Waals surface area contributed by atoms with Crippen LogP contribution in [0.3, 0.4) is 0 Å². The highest BCUT2D eigenvalue weighted by molar-refractivity contribution is 6.88. The van der Waals surface area contributed by atoms with Crippen LogP contribution in [0, 0.1) is 0 Å². The molecule has 0 spiro atoms. The number of ether oxygens (including phenoxy) is 1.